The number of nitrogens with zero attached hydrogens (tertiary/aromatic N) is 5. The molecular formula is C31H39N7O2. The third-order valence-electron chi connectivity index (χ3n) is 7.25. The molecule has 0 saturated carbocycles. The van der Waals surface area contributed by atoms with Crippen LogP contribution in [0.25, 0.3) is 10.9 Å². The lowest BCUT2D eigenvalue weighted by molar-refractivity contribution is -0.109. The van der Waals surface area contributed by atoms with Gasteiger partial charge in [0.15, 0.2) is 0 Å². The number of nitrogens with one attached hydrogen (secondary N) is 2. The van der Waals surface area contributed by atoms with Gasteiger partial charge in [0.25, 0.3) is 5.91 Å². The first-order valence-electron chi connectivity index (χ1n) is 13.6. The van der Waals surface area contributed by atoms with Gasteiger partial charge >= 0.3 is 0 Å². The molecule has 0 spiro atoms. The molecule has 9 heteroatoms. The molecule has 0 atom stereocenters. The van der Waals surface area contributed by atoms with Crippen LogP contribution in [-0.2, 0) is 18.4 Å². The second-order valence-corrected chi connectivity index (χ2v) is 9.90. The Labute approximate surface area is 236 Å². The molecule has 2 amide bonds. The van der Waals surface area contributed by atoms with E-state index in [9.17, 15) is 4.79 Å². The van der Waals surface area contributed by atoms with E-state index in [0.29, 0.717) is 17.8 Å². The summed E-state index contributed by atoms with van der Waals surface area (Å²) in [5.74, 6) is 0.386. The fraction of sp³-hybridized carbons (Fsp3) is 0.323. The molecule has 5 rings (SSSR count). The number of anilines is 3. The molecule has 1 aliphatic heterocycles. The molecule has 210 valence electrons. The fourth-order valence-electron chi connectivity index (χ4n) is 4.84. The summed E-state index contributed by atoms with van der Waals surface area (Å²) in [5, 5.41) is 6.42. The highest BCUT2D eigenvalue weighted by Gasteiger charge is 2.16. The van der Waals surface area contributed by atoms with Crippen LogP contribution < -0.4 is 15.5 Å². The maximum atomic E-state index is 13.1. The van der Waals surface area contributed by atoms with E-state index in [1.807, 2.05) is 44.4 Å². The van der Waals surface area contributed by atoms with Crippen LogP contribution in [0.3, 0.4) is 0 Å². The quantitative estimate of drug-likeness (QED) is 0.327. The number of aryl methyl sites for hydroxylation is 1. The van der Waals surface area contributed by atoms with Crippen LogP contribution in [0.5, 0.6) is 0 Å². The van der Waals surface area contributed by atoms with Gasteiger partial charge < -0.3 is 25.0 Å². The Morgan fingerprint density at radius 1 is 1.00 bits per heavy atom. The number of likely N-dealkylation sites (N-methyl/N-ethyl adjacent to an activating group) is 1. The topological polar surface area (TPSA) is 85.7 Å². The predicted molar refractivity (Wildman–Crippen MR) is 162 cm³/mol. The number of aromatic nitrogens is 2. The molecule has 0 aliphatic carbocycles. The Hall–Kier alpha value is -4.21. The van der Waals surface area contributed by atoms with Crippen molar-refractivity contribution in [3.05, 3.63) is 84.2 Å². The average Bonchev–Trinajstić information content (AvgIpc) is 3.37. The van der Waals surface area contributed by atoms with Crippen molar-refractivity contribution in [2.45, 2.75) is 13.5 Å². The number of fused-ring (bicyclic) bond motifs is 1. The molecule has 40 heavy (non-hydrogen) atoms. The summed E-state index contributed by atoms with van der Waals surface area (Å²) < 4.78 is 2.11. The third-order valence-corrected chi connectivity index (χ3v) is 7.25. The molecule has 1 saturated heterocycles. The van der Waals surface area contributed by atoms with Crippen molar-refractivity contribution in [3.8, 4) is 0 Å². The lowest BCUT2D eigenvalue weighted by Gasteiger charge is -2.34. The van der Waals surface area contributed by atoms with Crippen LogP contribution in [0.1, 0.15) is 22.8 Å². The van der Waals surface area contributed by atoms with Gasteiger partial charge in [0.05, 0.1) is 0 Å². The van der Waals surface area contributed by atoms with Crippen molar-refractivity contribution in [3.63, 3.8) is 0 Å². The molecule has 4 aromatic rings. The maximum absolute atomic E-state index is 13.1. The van der Waals surface area contributed by atoms with Crippen molar-refractivity contribution < 1.29 is 9.59 Å². The molecule has 3 heterocycles. The average molecular weight is 542 g/mol. The van der Waals surface area contributed by atoms with Gasteiger partial charge in [-0.15, -0.1) is 0 Å². The minimum atomic E-state index is -0.148. The standard InChI is InChI=1S/C29H34N6O.C2H5NO/c1-4-34-14-16-35(17-15-34)21-22-6-5-7-24(18-22)29(36)31-28-20-26(10-12-30-28)33(3)25-8-9-27-23(19-25)11-13-32(27)2;1-3-2-4/h5-13,18-20H,4,14-17,21H2,1-3H3,(H,30,31,36);2H,1H3,(H,3,4). The molecular weight excluding hydrogens is 502 g/mol. The molecule has 2 N–H and O–H groups in total. The van der Waals surface area contributed by atoms with E-state index < -0.39 is 0 Å². The van der Waals surface area contributed by atoms with Crippen molar-refractivity contribution in [1.29, 1.82) is 0 Å². The Morgan fingerprint density at radius 3 is 2.45 bits per heavy atom. The van der Waals surface area contributed by atoms with Gasteiger partial charge in [-0.05, 0) is 54.6 Å². The normalized spacial score (nSPS) is 13.8. The molecule has 2 aromatic carbocycles. The van der Waals surface area contributed by atoms with E-state index in [0.717, 1.165) is 56.2 Å². The SMILES string of the molecule is CCN1CCN(Cc2cccc(C(=O)Nc3cc(N(C)c4ccc5c(ccn5C)c4)ccn3)c2)CC1.CNC=O. The van der Waals surface area contributed by atoms with Gasteiger partial charge in [0.2, 0.25) is 6.41 Å². The molecule has 2 aromatic heterocycles. The van der Waals surface area contributed by atoms with Gasteiger partial charge in [-0.25, -0.2) is 4.98 Å². The number of hydrogen-bond donors (Lipinski definition) is 2. The lowest BCUT2D eigenvalue weighted by Crippen LogP contribution is -2.45. The Balaban J connectivity index is 0.000000867. The maximum Gasteiger partial charge on any atom is 0.256 e. The molecule has 9 nitrogen and oxygen atoms in total. The van der Waals surface area contributed by atoms with Gasteiger partial charge in [-0.2, -0.15) is 0 Å². The highest BCUT2D eigenvalue weighted by molar-refractivity contribution is 6.04. The summed E-state index contributed by atoms with van der Waals surface area (Å²) in [7, 11) is 5.63. The molecule has 1 fully saturated rings. The van der Waals surface area contributed by atoms with Gasteiger partial charge in [-0.1, -0.05) is 19.1 Å². The van der Waals surface area contributed by atoms with Crippen LogP contribution in [-0.4, -0.2) is 78.5 Å². The summed E-state index contributed by atoms with van der Waals surface area (Å²) in [6.07, 6.45) is 4.42. The molecule has 0 unspecified atom stereocenters. The minimum Gasteiger partial charge on any atom is -0.362 e. The van der Waals surface area contributed by atoms with Crippen LogP contribution >= 0.6 is 0 Å². The van der Waals surface area contributed by atoms with Crippen molar-refractivity contribution in [2.24, 2.45) is 7.05 Å². The van der Waals surface area contributed by atoms with Gasteiger partial charge in [0.1, 0.15) is 5.82 Å². The number of rotatable bonds is 8. The smallest absolute Gasteiger partial charge is 0.256 e. The van der Waals surface area contributed by atoms with Gasteiger partial charge in [0, 0.05) is 100 Å². The Bertz CT molecular complexity index is 1430. The number of carbonyl (C=O) groups is 2. The Kier molecular flexibility index (Phi) is 9.88. The van der Waals surface area contributed by atoms with Crippen molar-refractivity contribution >= 4 is 40.4 Å². The molecule has 1 aliphatic rings. The second kappa shape index (κ2) is 13.7. The zero-order valence-electron chi connectivity index (χ0n) is 23.8. The first-order valence-corrected chi connectivity index (χ1v) is 13.6. The highest BCUT2D eigenvalue weighted by atomic mass is 16.1. The first-order chi connectivity index (χ1) is 19.4. The summed E-state index contributed by atoms with van der Waals surface area (Å²) in [6.45, 7) is 8.51. The summed E-state index contributed by atoms with van der Waals surface area (Å²) in [6, 6.07) is 20.3. The third kappa shape index (κ3) is 7.25. The summed E-state index contributed by atoms with van der Waals surface area (Å²) >= 11 is 0. The van der Waals surface area contributed by atoms with Crippen LogP contribution in [0, 0.1) is 0 Å². The van der Waals surface area contributed by atoms with E-state index in [-0.39, 0.29) is 5.91 Å². The van der Waals surface area contributed by atoms with Crippen molar-refractivity contribution in [1.82, 2.24) is 24.7 Å². The summed E-state index contributed by atoms with van der Waals surface area (Å²) in [5.41, 5.74) is 5.03. The predicted octanol–water partition coefficient (Wildman–Crippen LogP) is 4.09. The largest absolute Gasteiger partial charge is 0.362 e. The monoisotopic (exact) mass is 541 g/mol. The molecule has 0 radical (unpaired) electrons. The lowest BCUT2D eigenvalue weighted by atomic mass is 10.1. The number of pyridine rings is 1. The highest BCUT2D eigenvalue weighted by Crippen LogP contribution is 2.28. The van der Waals surface area contributed by atoms with E-state index in [2.05, 4.69) is 78.3 Å². The number of piperazine rings is 1. The second-order valence-electron chi connectivity index (χ2n) is 9.90. The van der Waals surface area contributed by atoms with Crippen LogP contribution in [0.2, 0.25) is 0 Å². The zero-order chi connectivity index (χ0) is 28.5. The van der Waals surface area contributed by atoms with E-state index in [4.69, 9.17) is 4.79 Å². The number of hydrogen-bond acceptors (Lipinski definition) is 6. The van der Waals surface area contributed by atoms with Crippen LogP contribution in [0.15, 0.2) is 73.1 Å². The van der Waals surface area contributed by atoms with Gasteiger partial charge in [-0.3, -0.25) is 14.5 Å². The van der Waals surface area contributed by atoms with Crippen molar-refractivity contribution in [2.75, 3.05) is 57.0 Å². The van der Waals surface area contributed by atoms with E-state index in [1.165, 1.54) is 10.9 Å². The summed E-state index contributed by atoms with van der Waals surface area (Å²) in [4.78, 5) is 33.5. The van der Waals surface area contributed by atoms with E-state index in [1.54, 1.807) is 13.2 Å². The number of carbonyl (C=O) groups excluding carboxylic acids is 2. The minimum absolute atomic E-state index is 0.148. The first kappa shape index (κ1) is 28.8. The zero-order valence-corrected chi connectivity index (χ0v) is 23.8. The number of benzene rings is 2. The fourth-order valence-corrected chi connectivity index (χ4v) is 4.84. The van der Waals surface area contributed by atoms with E-state index >= 15 is 0 Å². The molecule has 0 bridgehead atoms. The number of amides is 2. The van der Waals surface area contributed by atoms with Crippen LogP contribution in [0.4, 0.5) is 17.2 Å². The Morgan fingerprint density at radius 2 is 1.73 bits per heavy atom.